The monoisotopic (exact) mass is 238 g/mol. The second-order valence-corrected chi connectivity index (χ2v) is 0.516. The molecule has 6 nitrogen and oxygen atoms in total. The molecule has 0 heterocycles. The first kappa shape index (κ1) is 29.3. The van der Waals surface area contributed by atoms with Gasteiger partial charge in [-0.1, -0.05) is 0 Å². The van der Waals surface area contributed by atoms with E-state index >= 15 is 0 Å². The van der Waals surface area contributed by atoms with Gasteiger partial charge in [-0.2, -0.15) is 0 Å². The fourth-order valence-corrected chi connectivity index (χ4v) is 0. The first-order chi connectivity index (χ1) is 3.46. The number of hydrogen-bond acceptors (Lipinski definition) is 5. The van der Waals surface area contributed by atoms with Crippen LogP contribution in [0.25, 0.3) is 0 Å². The van der Waals surface area contributed by atoms with Crippen LogP contribution in [0.3, 0.4) is 0 Å². The van der Waals surface area contributed by atoms with Gasteiger partial charge in [0.05, 0.1) is 0 Å². The fourth-order valence-electron chi connectivity index (χ4n) is 0. The third kappa shape index (κ3) is 148. The molecule has 0 spiro atoms. The van der Waals surface area contributed by atoms with E-state index in [1.54, 1.807) is 0 Å². The van der Waals surface area contributed by atoms with Crippen LogP contribution in [0.5, 0.6) is 0 Å². The molecule has 9 heteroatoms. The summed E-state index contributed by atoms with van der Waals surface area (Å²) in [6, 6.07) is 0. The zero-order valence-electron chi connectivity index (χ0n) is 6.49. The van der Waals surface area contributed by atoms with E-state index in [1.807, 2.05) is 0 Å². The van der Waals surface area contributed by atoms with Gasteiger partial charge >= 0.3 is 154 Å². The molecule has 0 aromatic rings. The van der Waals surface area contributed by atoms with Gasteiger partial charge in [-0.25, -0.2) is 0 Å². The molecule has 0 aliphatic rings. The average Bonchev–Trinajstić information content (AvgIpc) is 1.25. The van der Waals surface area contributed by atoms with Gasteiger partial charge in [0.25, 0.3) is 0 Å². The first-order valence-electron chi connectivity index (χ1n) is 1.24. The Morgan fingerprint density at radius 1 is 0.909 bits per heavy atom. The molecule has 0 aromatic carbocycles. The summed E-state index contributed by atoms with van der Waals surface area (Å²) in [5.41, 5.74) is 0. The van der Waals surface area contributed by atoms with E-state index in [9.17, 15) is 0 Å². The van der Waals surface area contributed by atoms with Crippen LogP contribution in [0, 0.1) is 0 Å². The Kier molecular flexibility index (Phi) is 62.1. The number of carboxylic acid groups (broad SMARTS) is 4. The number of rotatable bonds is 0. The van der Waals surface area contributed by atoms with Crippen LogP contribution in [0.1, 0.15) is 0 Å². The Labute approximate surface area is 190 Å². The zero-order valence-corrected chi connectivity index (χ0v) is 15.9. The maximum atomic E-state index is 8.44. The van der Waals surface area contributed by atoms with Crippen LogP contribution < -0.4 is 169 Å². The molecule has 48 valence electrons. The van der Waals surface area contributed by atoms with Crippen LogP contribution in [-0.2, 0) is 0 Å². The molecule has 0 amide bonds. The zero-order chi connectivity index (χ0) is 7.15. The molecular formula is C2HK3O6. The first-order valence-corrected chi connectivity index (χ1v) is 1.24. The largest absolute Gasteiger partial charge is 1.00 e. The van der Waals surface area contributed by atoms with E-state index in [1.165, 1.54) is 0 Å². The Balaban J connectivity index is -0.0000000171. The summed E-state index contributed by atoms with van der Waals surface area (Å²) >= 11 is 0. The Morgan fingerprint density at radius 3 is 0.909 bits per heavy atom. The van der Waals surface area contributed by atoms with E-state index in [4.69, 9.17) is 30.0 Å². The summed E-state index contributed by atoms with van der Waals surface area (Å²) in [4.78, 5) is 16.8. The number of hydrogen-bond donors (Lipinski definition) is 1. The minimum absolute atomic E-state index is 0. The Hall–Kier alpha value is 3.45. The minimum Gasteiger partial charge on any atom is -0.652 e. The molecule has 0 radical (unpaired) electrons. The molecule has 0 bridgehead atoms. The summed E-state index contributed by atoms with van der Waals surface area (Å²) in [7, 11) is 0. The van der Waals surface area contributed by atoms with E-state index in [0.29, 0.717) is 0 Å². The average molecular weight is 238 g/mol. The smallest absolute Gasteiger partial charge is 0.652 e. The summed E-state index contributed by atoms with van der Waals surface area (Å²) in [6.07, 6.45) is -4.42. The fraction of sp³-hybridized carbons (Fsp3) is 0. The van der Waals surface area contributed by atoms with Crippen molar-refractivity contribution < 1.29 is 184 Å². The van der Waals surface area contributed by atoms with Crippen molar-refractivity contribution in [2.45, 2.75) is 0 Å². The molecule has 0 atom stereocenters. The van der Waals surface area contributed by atoms with Crippen LogP contribution in [0.4, 0.5) is 9.59 Å². The molecule has 0 aliphatic heterocycles. The normalized spacial score (nSPS) is 4.36. The number of carbonyl (C=O) groups is 2. The van der Waals surface area contributed by atoms with E-state index in [0.717, 1.165) is 0 Å². The van der Waals surface area contributed by atoms with Gasteiger partial charge in [-0.15, -0.1) is 0 Å². The molecule has 0 saturated carbocycles. The summed E-state index contributed by atoms with van der Waals surface area (Å²) in [5, 5.41) is 32.0. The summed E-state index contributed by atoms with van der Waals surface area (Å²) < 4.78 is 0. The van der Waals surface area contributed by atoms with Crippen LogP contribution in [0.2, 0.25) is 0 Å². The van der Waals surface area contributed by atoms with Crippen molar-refractivity contribution >= 4 is 12.3 Å². The molecule has 0 rings (SSSR count). The predicted molar refractivity (Wildman–Crippen MR) is 13.4 cm³/mol. The van der Waals surface area contributed by atoms with E-state index in [2.05, 4.69) is 0 Å². The second-order valence-electron chi connectivity index (χ2n) is 0.516. The van der Waals surface area contributed by atoms with Crippen molar-refractivity contribution in [1.29, 1.82) is 0 Å². The standard InChI is InChI=1S/2CH2O3.3K/c2*2-1(3)4;;;/h2*(H2,2,3,4);;;/q;;3*+1/p-3. The molecule has 0 saturated heterocycles. The van der Waals surface area contributed by atoms with Gasteiger partial charge in [0.2, 0.25) is 6.16 Å². The van der Waals surface area contributed by atoms with Gasteiger partial charge in [0.15, 0.2) is 0 Å². The van der Waals surface area contributed by atoms with Gasteiger partial charge in [0, 0.05) is 0 Å². The van der Waals surface area contributed by atoms with Crippen LogP contribution >= 0.6 is 0 Å². The van der Waals surface area contributed by atoms with Gasteiger partial charge in [-0.3, -0.25) is 0 Å². The van der Waals surface area contributed by atoms with Crippen molar-refractivity contribution in [2.75, 3.05) is 0 Å². The van der Waals surface area contributed by atoms with Crippen molar-refractivity contribution in [2.24, 2.45) is 0 Å². The molecule has 1 N–H and O–H groups in total. The quantitative estimate of drug-likeness (QED) is 0.418. The predicted octanol–water partition coefficient (Wildman–Crippen LogP) is -12.5. The maximum absolute atomic E-state index is 8.44. The molecule has 0 unspecified atom stereocenters. The van der Waals surface area contributed by atoms with Crippen molar-refractivity contribution in [3.05, 3.63) is 0 Å². The third-order valence-corrected chi connectivity index (χ3v) is 0. The Bertz CT molecular complexity index is 73.8. The van der Waals surface area contributed by atoms with Crippen molar-refractivity contribution in [1.82, 2.24) is 0 Å². The van der Waals surface area contributed by atoms with Gasteiger partial charge in [0.1, 0.15) is 0 Å². The number of carbonyl (C=O) groups excluding carboxylic acids is 1. The second kappa shape index (κ2) is 23.3. The molecule has 0 fully saturated rings. The molecule has 0 aliphatic carbocycles. The van der Waals surface area contributed by atoms with Gasteiger partial charge < -0.3 is 30.0 Å². The molecule has 11 heavy (non-hydrogen) atoms. The summed E-state index contributed by atoms with van der Waals surface area (Å²) in [6.45, 7) is 0. The van der Waals surface area contributed by atoms with E-state index in [-0.39, 0.29) is 154 Å². The Morgan fingerprint density at radius 2 is 0.909 bits per heavy atom. The van der Waals surface area contributed by atoms with Crippen LogP contribution in [0.15, 0.2) is 0 Å². The molecular weight excluding hydrogens is 237 g/mol. The third-order valence-electron chi connectivity index (χ3n) is 0. The maximum Gasteiger partial charge on any atom is 1.00 e. The van der Waals surface area contributed by atoms with Gasteiger partial charge in [-0.05, 0) is 6.16 Å². The summed E-state index contributed by atoms with van der Waals surface area (Å²) in [5.74, 6) is 0. The minimum atomic E-state index is -2.33. The molecule has 0 aromatic heterocycles. The van der Waals surface area contributed by atoms with Crippen molar-refractivity contribution in [3.63, 3.8) is 0 Å². The van der Waals surface area contributed by atoms with Crippen molar-refractivity contribution in [3.8, 4) is 0 Å². The van der Waals surface area contributed by atoms with Crippen LogP contribution in [-0.4, -0.2) is 17.4 Å². The van der Waals surface area contributed by atoms with E-state index < -0.39 is 12.3 Å². The SMILES string of the molecule is O=C([O-])O.O=C([O-])[O-].[K+].[K+].[K+]. The topological polar surface area (TPSA) is 124 Å².